The average molecular weight is 334 g/mol. The van der Waals surface area contributed by atoms with Gasteiger partial charge in [-0.05, 0) is 59.5 Å². The van der Waals surface area contributed by atoms with Crippen LogP contribution in [0.15, 0.2) is 34.8 Å². The van der Waals surface area contributed by atoms with Gasteiger partial charge in [0.15, 0.2) is 0 Å². The van der Waals surface area contributed by atoms with Crippen molar-refractivity contribution in [2.45, 2.75) is 32.4 Å². The molecule has 0 unspecified atom stereocenters. The van der Waals surface area contributed by atoms with Crippen molar-refractivity contribution >= 4 is 15.9 Å². The van der Waals surface area contributed by atoms with Crippen LogP contribution >= 0.6 is 15.9 Å². The minimum Gasteiger partial charge on any atom is -0.436 e. The fraction of sp³-hybridized carbons (Fsp3) is 0.333. The lowest BCUT2D eigenvalue weighted by molar-refractivity contribution is 0.450. The summed E-state index contributed by atoms with van der Waals surface area (Å²) in [4.78, 5) is 0. The van der Waals surface area contributed by atoms with Crippen molar-refractivity contribution in [1.82, 2.24) is 15.5 Å². The summed E-state index contributed by atoms with van der Waals surface area (Å²) >= 11 is 3.48. The van der Waals surface area contributed by atoms with Crippen LogP contribution < -0.4 is 10.1 Å². The highest BCUT2D eigenvalue weighted by atomic mass is 79.9. The molecule has 0 radical (unpaired) electrons. The molecule has 20 heavy (non-hydrogen) atoms. The molecule has 1 heterocycles. The van der Waals surface area contributed by atoms with Crippen LogP contribution in [0.2, 0.25) is 0 Å². The van der Waals surface area contributed by atoms with Crippen molar-refractivity contribution in [2.75, 3.05) is 0 Å². The lowest BCUT2D eigenvalue weighted by Gasteiger charge is -2.07. The third-order valence-electron chi connectivity index (χ3n) is 3.15. The monoisotopic (exact) mass is 333 g/mol. The molecule has 0 bridgehead atoms. The van der Waals surface area contributed by atoms with Crippen LogP contribution in [-0.2, 0) is 6.54 Å². The predicted molar refractivity (Wildman–Crippen MR) is 80.8 cm³/mol. The first-order valence-electron chi connectivity index (χ1n) is 6.71. The number of nitrogens with zero attached hydrogens (tertiary/aromatic N) is 2. The molecule has 0 atom stereocenters. The predicted octanol–water partition coefficient (Wildman–Crippen LogP) is 3.59. The SMILES string of the molecule is Cc1ccc(Oc2ccc(CNC3CC3)nn2)c(Br)c1. The second kappa shape index (κ2) is 5.89. The molecular weight excluding hydrogens is 318 g/mol. The van der Waals surface area contributed by atoms with Gasteiger partial charge in [0.05, 0.1) is 10.2 Å². The average Bonchev–Trinajstić information content (AvgIpc) is 3.25. The summed E-state index contributed by atoms with van der Waals surface area (Å²) in [6.07, 6.45) is 2.55. The molecule has 1 aromatic carbocycles. The molecule has 1 aliphatic carbocycles. The topological polar surface area (TPSA) is 47.0 Å². The number of aromatic nitrogens is 2. The number of nitrogens with one attached hydrogen (secondary N) is 1. The molecule has 2 aromatic rings. The molecule has 0 spiro atoms. The lowest BCUT2D eigenvalue weighted by Crippen LogP contribution is -2.16. The number of hydrogen-bond acceptors (Lipinski definition) is 4. The van der Waals surface area contributed by atoms with Crippen molar-refractivity contribution in [3.63, 3.8) is 0 Å². The molecule has 0 aliphatic heterocycles. The Balaban J connectivity index is 1.64. The number of halogens is 1. The molecule has 5 heteroatoms. The molecule has 1 aromatic heterocycles. The molecular formula is C15H16BrN3O. The zero-order chi connectivity index (χ0) is 13.9. The van der Waals surface area contributed by atoms with Crippen molar-refractivity contribution < 1.29 is 4.74 Å². The number of aryl methyl sites for hydroxylation is 1. The zero-order valence-electron chi connectivity index (χ0n) is 11.3. The first-order valence-corrected chi connectivity index (χ1v) is 7.50. The summed E-state index contributed by atoms with van der Waals surface area (Å²) < 4.78 is 6.63. The third kappa shape index (κ3) is 3.55. The zero-order valence-corrected chi connectivity index (χ0v) is 12.9. The summed E-state index contributed by atoms with van der Waals surface area (Å²) in [5.74, 6) is 1.25. The maximum absolute atomic E-state index is 5.72. The maximum Gasteiger partial charge on any atom is 0.238 e. The quantitative estimate of drug-likeness (QED) is 0.908. The van der Waals surface area contributed by atoms with Crippen LogP contribution in [0.5, 0.6) is 11.6 Å². The summed E-state index contributed by atoms with van der Waals surface area (Å²) in [6, 6.07) is 10.4. The van der Waals surface area contributed by atoms with E-state index < -0.39 is 0 Å². The Morgan fingerprint density at radius 3 is 2.75 bits per heavy atom. The fourth-order valence-corrected chi connectivity index (χ4v) is 2.41. The van der Waals surface area contributed by atoms with Gasteiger partial charge in [-0.15, -0.1) is 5.10 Å². The second-order valence-electron chi connectivity index (χ2n) is 5.05. The summed E-state index contributed by atoms with van der Waals surface area (Å²) in [5.41, 5.74) is 2.11. The first kappa shape index (κ1) is 13.5. The Kier molecular flexibility index (Phi) is 3.98. The second-order valence-corrected chi connectivity index (χ2v) is 5.91. The molecule has 1 N–H and O–H groups in total. The molecule has 104 valence electrons. The van der Waals surface area contributed by atoms with E-state index in [1.54, 1.807) is 0 Å². The van der Waals surface area contributed by atoms with E-state index in [1.165, 1.54) is 18.4 Å². The van der Waals surface area contributed by atoms with E-state index >= 15 is 0 Å². The van der Waals surface area contributed by atoms with Crippen LogP contribution in [0, 0.1) is 6.92 Å². The van der Waals surface area contributed by atoms with Gasteiger partial charge < -0.3 is 10.1 Å². The standard InChI is InChI=1S/C15H16BrN3O/c1-10-2-6-14(13(16)8-10)20-15-7-5-12(18-19-15)9-17-11-3-4-11/h2,5-8,11,17H,3-4,9H2,1H3. The number of benzene rings is 1. The fourth-order valence-electron chi connectivity index (χ4n) is 1.83. The number of hydrogen-bond donors (Lipinski definition) is 1. The Morgan fingerprint density at radius 2 is 2.10 bits per heavy atom. The molecule has 1 aliphatic rings. The number of rotatable bonds is 5. The van der Waals surface area contributed by atoms with Gasteiger partial charge in [0.25, 0.3) is 0 Å². The van der Waals surface area contributed by atoms with Crippen LogP contribution in [0.25, 0.3) is 0 Å². The van der Waals surface area contributed by atoms with Crippen LogP contribution in [0.3, 0.4) is 0 Å². The molecule has 0 amide bonds. The van der Waals surface area contributed by atoms with Crippen LogP contribution in [0.1, 0.15) is 24.1 Å². The summed E-state index contributed by atoms with van der Waals surface area (Å²) in [5, 5.41) is 11.7. The van der Waals surface area contributed by atoms with Crippen LogP contribution in [0.4, 0.5) is 0 Å². The van der Waals surface area contributed by atoms with E-state index in [9.17, 15) is 0 Å². The van der Waals surface area contributed by atoms with Crippen molar-refractivity contribution in [3.05, 3.63) is 46.1 Å². The summed E-state index contributed by atoms with van der Waals surface area (Å²) in [7, 11) is 0. The molecule has 1 fully saturated rings. The Morgan fingerprint density at radius 1 is 1.25 bits per heavy atom. The van der Waals surface area contributed by atoms with Gasteiger partial charge >= 0.3 is 0 Å². The maximum atomic E-state index is 5.72. The highest BCUT2D eigenvalue weighted by Gasteiger charge is 2.20. The largest absolute Gasteiger partial charge is 0.436 e. The van der Waals surface area contributed by atoms with E-state index in [1.807, 2.05) is 37.3 Å². The molecule has 1 saturated carbocycles. The van der Waals surface area contributed by atoms with E-state index in [-0.39, 0.29) is 0 Å². The van der Waals surface area contributed by atoms with Crippen molar-refractivity contribution in [1.29, 1.82) is 0 Å². The molecule has 3 rings (SSSR count). The number of ether oxygens (including phenoxy) is 1. The van der Waals surface area contributed by atoms with E-state index in [4.69, 9.17) is 4.74 Å². The third-order valence-corrected chi connectivity index (χ3v) is 3.77. The van der Waals surface area contributed by atoms with Gasteiger partial charge in [0, 0.05) is 18.7 Å². The van der Waals surface area contributed by atoms with Gasteiger partial charge in [-0.2, -0.15) is 5.10 Å². The molecule has 0 saturated heterocycles. The van der Waals surface area contributed by atoms with E-state index in [2.05, 4.69) is 31.4 Å². The van der Waals surface area contributed by atoms with Gasteiger partial charge in [0.2, 0.25) is 5.88 Å². The van der Waals surface area contributed by atoms with E-state index in [0.29, 0.717) is 11.9 Å². The normalized spacial score (nSPS) is 14.3. The van der Waals surface area contributed by atoms with Gasteiger partial charge in [-0.25, -0.2) is 0 Å². The minimum atomic E-state index is 0.504. The molecule has 4 nitrogen and oxygen atoms in total. The summed E-state index contributed by atoms with van der Waals surface area (Å²) in [6.45, 7) is 2.81. The van der Waals surface area contributed by atoms with Gasteiger partial charge in [-0.1, -0.05) is 6.07 Å². The Hall–Kier alpha value is -1.46. The Bertz CT molecular complexity index is 597. The Labute approximate surface area is 126 Å². The van der Waals surface area contributed by atoms with Crippen molar-refractivity contribution in [2.24, 2.45) is 0 Å². The van der Waals surface area contributed by atoms with E-state index in [0.717, 1.165) is 22.5 Å². The van der Waals surface area contributed by atoms with Gasteiger partial charge in [0.1, 0.15) is 5.75 Å². The lowest BCUT2D eigenvalue weighted by atomic mass is 10.2. The first-order chi connectivity index (χ1) is 9.70. The van der Waals surface area contributed by atoms with Crippen LogP contribution in [-0.4, -0.2) is 16.2 Å². The highest BCUT2D eigenvalue weighted by molar-refractivity contribution is 9.10. The smallest absolute Gasteiger partial charge is 0.238 e. The van der Waals surface area contributed by atoms with Crippen molar-refractivity contribution in [3.8, 4) is 11.6 Å². The van der Waals surface area contributed by atoms with Gasteiger partial charge in [-0.3, -0.25) is 0 Å². The highest BCUT2D eigenvalue weighted by Crippen LogP contribution is 2.29. The minimum absolute atomic E-state index is 0.504.